The van der Waals surface area contributed by atoms with Gasteiger partial charge in [0, 0.05) is 0 Å². The Morgan fingerprint density at radius 2 is 1.94 bits per heavy atom. The van der Waals surface area contributed by atoms with Crippen LogP contribution in [0.15, 0.2) is 0 Å². The molecule has 104 valence electrons. The van der Waals surface area contributed by atoms with Gasteiger partial charge in [0.1, 0.15) is 0 Å². The molecule has 7 heteroatoms. The normalized spacial score (nSPS) is 19.0. The van der Waals surface area contributed by atoms with E-state index < -0.39 is 33.1 Å². The van der Waals surface area contributed by atoms with Crippen LogP contribution in [-0.4, -0.2) is 44.1 Å². The zero-order valence-electron chi connectivity index (χ0n) is 10.5. The highest BCUT2D eigenvalue weighted by Crippen LogP contribution is 2.50. The van der Waals surface area contributed by atoms with Gasteiger partial charge in [0.05, 0.1) is 31.0 Å². The molecule has 1 N–H and O–H groups in total. The summed E-state index contributed by atoms with van der Waals surface area (Å²) in [6.45, 7) is 1.36. The SMILES string of the molecule is COC(=O)CC1(CS(=O)(=O)CC(C)C(=O)O)CC1. The van der Waals surface area contributed by atoms with Gasteiger partial charge in [-0.25, -0.2) is 8.42 Å². The van der Waals surface area contributed by atoms with Crippen molar-refractivity contribution in [2.75, 3.05) is 18.6 Å². The Morgan fingerprint density at radius 1 is 1.39 bits per heavy atom. The number of hydrogen-bond acceptors (Lipinski definition) is 5. The van der Waals surface area contributed by atoms with Crippen molar-refractivity contribution < 1.29 is 27.9 Å². The lowest BCUT2D eigenvalue weighted by Gasteiger charge is -2.15. The van der Waals surface area contributed by atoms with Crippen molar-refractivity contribution in [3.63, 3.8) is 0 Å². The van der Waals surface area contributed by atoms with Crippen molar-refractivity contribution in [1.82, 2.24) is 0 Å². The standard InChI is InChI=1S/C11H18O6S/c1-8(10(13)14)6-18(15,16)7-11(3-4-11)5-9(12)17-2/h8H,3-7H2,1-2H3,(H,13,14). The molecule has 0 bridgehead atoms. The number of carbonyl (C=O) groups is 2. The second-order valence-corrected chi connectivity index (χ2v) is 7.16. The number of aliphatic carboxylic acids is 1. The third-order valence-electron chi connectivity index (χ3n) is 3.16. The van der Waals surface area contributed by atoms with E-state index >= 15 is 0 Å². The van der Waals surface area contributed by atoms with Crippen molar-refractivity contribution in [3.05, 3.63) is 0 Å². The summed E-state index contributed by atoms with van der Waals surface area (Å²) in [5.41, 5.74) is -0.524. The number of sulfone groups is 1. The molecule has 0 aromatic rings. The molecule has 1 atom stereocenters. The van der Waals surface area contributed by atoms with Gasteiger partial charge in [-0.3, -0.25) is 9.59 Å². The van der Waals surface area contributed by atoms with E-state index in [4.69, 9.17) is 5.11 Å². The molecular formula is C11H18O6S. The lowest BCUT2D eigenvalue weighted by atomic mass is 10.1. The van der Waals surface area contributed by atoms with Gasteiger partial charge >= 0.3 is 11.9 Å². The van der Waals surface area contributed by atoms with Crippen LogP contribution in [0.1, 0.15) is 26.2 Å². The van der Waals surface area contributed by atoms with E-state index in [9.17, 15) is 18.0 Å². The average Bonchev–Trinajstić information content (AvgIpc) is 2.95. The molecule has 1 aliphatic carbocycles. The minimum atomic E-state index is -3.46. The number of carbonyl (C=O) groups excluding carboxylic acids is 1. The summed E-state index contributed by atoms with van der Waals surface area (Å²) in [6.07, 6.45) is 1.43. The van der Waals surface area contributed by atoms with Gasteiger partial charge in [-0.1, -0.05) is 6.92 Å². The van der Waals surface area contributed by atoms with Gasteiger partial charge in [0.15, 0.2) is 9.84 Å². The minimum absolute atomic E-state index is 0.0875. The maximum Gasteiger partial charge on any atom is 0.307 e. The van der Waals surface area contributed by atoms with Gasteiger partial charge in [-0.2, -0.15) is 0 Å². The second kappa shape index (κ2) is 5.26. The van der Waals surface area contributed by atoms with Crippen LogP contribution in [0.5, 0.6) is 0 Å². The van der Waals surface area contributed by atoms with Gasteiger partial charge in [-0.15, -0.1) is 0 Å². The first kappa shape index (κ1) is 14.9. The van der Waals surface area contributed by atoms with E-state index in [2.05, 4.69) is 4.74 Å². The largest absolute Gasteiger partial charge is 0.481 e. The fourth-order valence-electron chi connectivity index (χ4n) is 1.90. The number of hydrogen-bond donors (Lipinski definition) is 1. The zero-order chi connectivity index (χ0) is 14.0. The molecule has 0 radical (unpaired) electrons. The quantitative estimate of drug-likeness (QED) is 0.680. The molecular weight excluding hydrogens is 260 g/mol. The average molecular weight is 278 g/mol. The van der Waals surface area contributed by atoms with Crippen molar-refractivity contribution in [2.45, 2.75) is 26.2 Å². The van der Waals surface area contributed by atoms with Crippen LogP contribution in [0.4, 0.5) is 0 Å². The van der Waals surface area contributed by atoms with Crippen LogP contribution >= 0.6 is 0 Å². The number of methoxy groups -OCH3 is 1. The Kier molecular flexibility index (Phi) is 4.37. The smallest absolute Gasteiger partial charge is 0.307 e. The second-order valence-electron chi connectivity index (χ2n) is 5.05. The van der Waals surface area contributed by atoms with Gasteiger partial charge in [0.2, 0.25) is 0 Å². The van der Waals surface area contributed by atoms with E-state index in [0.717, 1.165) is 0 Å². The molecule has 1 aliphatic rings. The maximum absolute atomic E-state index is 11.9. The Morgan fingerprint density at radius 3 is 2.33 bits per heavy atom. The van der Waals surface area contributed by atoms with Crippen molar-refractivity contribution in [2.24, 2.45) is 11.3 Å². The fourth-order valence-corrected chi connectivity index (χ4v) is 4.25. The van der Waals surface area contributed by atoms with Crippen LogP contribution in [0, 0.1) is 11.3 Å². The monoisotopic (exact) mass is 278 g/mol. The molecule has 1 unspecified atom stereocenters. The highest BCUT2D eigenvalue weighted by Gasteiger charge is 2.48. The first-order chi connectivity index (χ1) is 8.20. The summed E-state index contributed by atoms with van der Waals surface area (Å²) in [7, 11) is -2.20. The summed E-state index contributed by atoms with van der Waals surface area (Å²) >= 11 is 0. The number of esters is 1. The van der Waals surface area contributed by atoms with Crippen molar-refractivity contribution in [3.8, 4) is 0 Å². The first-order valence-electron chi connectivity index (χ1n) is 5.70. The Hall–Kier alpha value is -1.11. The van der Waals surface area contributed by atoms with Crippen LogP contribution in [-0.2, 0) is 24.2 Å². The van der Waals surface area contributed by atoms with Crippen LogP contribution in [0.3, 0.4) is 0 Å². The summed E-state index contributed by atoms with van der Waals surface area (Å²) in [6, 6.07) is 0. The fraction of sp³-hybridized carbons (Fsp3) is 0.818. The van der Waals surface area contributed by atoms with Crippen LogP contribution in [0.25, 0.3) is 0 Å². The van der Waals surface area contributed by atoms with Crippen molar-refractivity contribution in [1.29, 1.82) is 0 Å². The van der Waals surface area contributed by atoms with Gasteiger partial charge < -0.3 is 9.84 Å². The molecule has 18 heavy (non-hydrogen) atoms. The van der Waals surface area contributed by atoms with Crippen LogP contribution < -0.4 is 0 Å². The van der Waals surface area contributed by atoms with Crippen LogP contribution in [0.2, 0.25) is 0 Å². The number of rotatable bonds is 7. The lowest BCUT2D eigenvalue weighted by molar-refractivity contribution is -0.142. The highest BCUT2D eigenvalue weighted by atomic mass is 32.2. The predicted octanol–water partition coefficient (Wildman–Crippen LogP) is 0.465. The molecule has 0 aromatic carbocycles. The number of carboxylic acids is 1. The van der Waals surface area contributed by atoms with E-state index in [1.165, 1.54) is 14.0 Å². The predicted molar refractivity (Wildman–Crippen MR) is 63.8 cm³/mol. The van der Waals surface area contributed by atoms with Gasteiger partial charge in [0.25, 0.3) is 0 Å². The molecule has 0 saturated heterocycles. The Labute approximate surface area is 106 Å². The molecule has 1 fully saturated rings. The third-order valence-corrected chi connectivity index (χ3v) is 5.22. The molecule has 0 amide bonds. The highest BCUT2D eigenvalue weighted by molar-refractivity contribution is 7.91. The van der Waals surface area contributed by atoms with E-state index in [-0.39, 0.29) is 17.9 Å². The van der Waals surface area contributed by atoms with Crippen molar-refractivity contribution >= 4 is 21.8 Å². The van der Waals surface area contributed by atoms with E-state index in [0.29, 0.717) is 12.8 Å². The molecule has 0 heterocycles. The molecule has 6 nitrogen and oxygen atoms in total. The molecule has 1 rings (SSSR count). The molecule has 0 aromatic heterocycles. The third kappa shape index (κ3) is 4.29. The summed E-state index contributed by atoms with van der Waals surface area (Å²) < 4.78 is 28.2. The molecule has 0 spiro atoms. The summed E-state index contributed by atoms with van der Waals surface area (Å²) in [5, 5.41) is 8.70. The van der Waals surface area contributed by atoms with E-state index in [1.54, 1.807) is 0 Å². The number of carboxylic acid groups (broad SMARTS) is 1. The molecule has 1 saturated carbocycles. The Bertz CT molecular complexity index is 434. The summed E-state index contributed by atoms with van der Waals surface area (Å²) in [5.74, 6) is -2.99. The first-order valence-corrected chi connectivity index (χ1v) is 7.52. The zero-order valence-corrected chi connectivity index (χ0v) is 11.3. The minimum Gasteiger partial charge on any atom is -0.481 e. The summed E-state index contributed by atoms with van der Waals surface area (Å²) in [4.78, 5) is 21.8. The van der Waals surface area contributed by atoms with E-state index in [1.807, 2.05) is 0 Å². The number of ether oxygens (including phenoxy) is 1. The molecule has 0 aliphatic heterocycles. The van der Waals surface area contributed by atoms with Gasteiger partial charge in [-0.05, 0) is 18.3 Å². The topological polar surface area (TPSA) is 97.7 Å². The maximum atomic E-state index is 11.9. The Balaban J connectivity index is 2.61. The lowest BCUT2D eigenvalue weighted by Crippen LogP contribution is -2.28.